The lowest BCUT2D eigenvalue weighted by molar-refractivity contribution is -0.605. The van der Waals surface area contributed by atoms with Crippen LogP contribution in [0.2, 0.25) is 10.0 Å². The van der Waals surface area contributed by atoms with E-state index < -0.39 is 67.1 Å². The fourth-order valence-corrected chi connectivity index (χ4v) is 6.47. The molecule has 2 aliphatic carbocycles. The lowest BCUT2D eigenvalue weighted by Crippen LogP contribution is -2.36. The Labute approximate surface area is 340 Å². The Bertz CT molecular complexity index is 1940. The molecular weight excluding hydrogens is 817 g/mol. The van der Waals surface area contributed by atoms with Crippen molar-refractivity contribution in [1.82, 2.24) is 0 Å². The van der Waals surface area contributed by atoms with Crippen LogP contribution in [0.25, 0.3) is 0 Å². The number of aromatic nitrogens is 1. The van der Waals surface area contributed by atoms with Gasteiger partial charge in [-0.2, -0.15) is 13.5 Å². The van der Waals surface area contributed by atoms with Crippen LogP contribution in [0.5, 0.6) is 17.2 Å². The Morgan fingerprint density at radius 3 is 2.14 bits per heavy atom. The van der Waals surface area contributed by atoms with Crippen LogP contribution in [0.15, 0.2) is 48.8 Å². The molecule has 2 aromatic carbocycles. The third-order valence-corrected chi connectivity index (χ3v) is 9.83. The molecule has 2 saturated carbocycles. The van der Waals surface area contributed by atoms with Crippen LogP contribution in [0, 0.1) is 17.0 Å². The summed E-state index contributed by atoms with van der Waals surface area (Å²) in [4.78, 5) is 38.9. The molecule has 2 aliphatic rings. The maximum Gasteiger partial charge on any atom is 0.387 e. The summed E-state index contributed by atoms with van der Waals surface area (Å²) in [6.07, 6.45) is 4.12. The molecule has 19 heteroatoms. The number of ether oxygens (including phenoxy) is 6. The third kappa shape index (κ3) is 13.6. The lowest BCUT2D eigenvalue weighted by Gasteiger charge is -2.29. The Balaban J connectivity index is 1.30. The first-order valence-corrected chi connectivity index (χ1v) is 19.7. The number of pyridine rings is 1. The van der Waals surface area contributed by atoms with Gasteiger partial charge in [0.1, 0.15) is 40.7 Å². The van der Waals surface area contributed by atoms with E-state index in [9.17, 15) is 37.1 Å². The summed E-state index contributed by atoms with van der Waals surface area (Å²) in [6, 6.07) is 7.93. The number of esters is 3. The van der Waals surface area contributed by atoms with E-state index in [2.05, 4.69) is 4.74 Å². The van der Waals surface area contributed by atoms with Crippen LogP contribution in [0.3, 0.4) is 0 Å². The largest absolute Gasteiger partial charge is 0.755 e. The molecule has 2 atom stereocenters. The Kier molecular flexibility index (Phi) is 14.8. The van der Waals surface area contributed by atoms with E-state index in [0.717, 1.165) is 42.4 Å². The van der Waals surface area contributed by atoms with Crippen molar-refractivity contribution in [2.75, 3.05) is 30.7 Å². The lowest BCUT2D eigenvalue weighted by atomic mass is 10.0. The van der Waals surface area contributed by atoms with Crippen molar-refractivity contribution in [1.29, 1.82) is 0 Å². The van der Waals surface area contributed by atoms with E-state index in [1.54, 1.807) is 20.8 Å². The van der Waals surface area contributed by atoms with Crippen molar-refractivity contribution in [3.63, 3.8) is 0 Å². The number of carbonyl (C=O) groups is 3. The normalized spacial score (nSPS) is 15.0. The summed E-state index contributed by atoms with van der Waals surface area (Å²) in [5.41, 5.74) is -0.329. The van der Waals surface area contributed by atoms with Crippen LogP contribution >= 0.6 is 23.2 Å². The van der Waals surface area contributed by atoms with Gasteiger partial charge in [0.2, 0.25) is 0 Å². The molecule has 0 aliphatic heterocycles. The van der Waals surface area contributed by atoms with Crippen molar-refractivity contribution in [3.8, 4) is 17.2 Å². The molecule has 57 heavy (non-hydrogen) atoms. The highest BCUT2D eigenvalue weighted by molar-refractivity contribution is 7.80. The number of anilines is 1. The van der Waals surface area contributed by atoms with E-state index in [1.807, 2.05) is 0 Å². The van der Waals surface area contributed by atoms with Crippen molar-refractivity contribution in [3.05, 3.63) is 80.7 Å². The van der Waals surface area contributed by atoms with Gasteiger partial charge >= 0.3 is 24.5 Å². The average molecular weight is 859 g/mol. The molecule has 0 spiro atoms. The predicted octanol–water partition coefficient (Wildman–Crippen LogP) is 6.82. The fourth-order valence-electron chi connectivity index (χ4n) is 5.35. The van der Waals surface area contributed by atoms with Gasteiger partial charge in [0.05, 0.1) is 30.9 Å². The van der Waals surface area contributed by atoms with Gasteiger partial charge in [0, 0.05) is 23.3 Å². The van der Waals surface area contributed by atoms with Crippen LogP contribution in [0.4, 0.5) is 14.5 Å². The highest BCUT2D eigenvalue weighted by Crippen LogP contribution is 2.38. The van der Waals surface area contributed by atoms with Gasteiger partial charge < -0.3 is 38.2 Å². The summed E-state index contributed by atoms with van der Waals surface area (Å²) in [6.45, 7) is 1.22. The highest BCUT2D eigenvalue weighted by Gasteiger charge is 2.28. The molecule has 310 valence electrons. The number of rotatable bonds is 20. The number of carbonyl (C=O) groups excluding carboxylic acids is 3. The highest BCUT2D eigenvalue weighted by atomic mass is 35.5. The first-order chi connectivity index (χ1) is 26.9. The maximum absolute atomic E-state index is 13.2. The van der Waals surface area contributed by atoms with E-state index in [4.69, 9.17) is 46.9 Å². The number of benzene rings is 2. The van der Waals surface area contributed by atoms with Crippen molar-refractivity contribution in [2.24, 2.45) is 11.8 Å². The molecule has 2 fully saturated rings. The minimum Gasteiger partial charge on any atom is -0.755 e. The first-order valence-electron chi connectivity index (χ1n) is 18.0. The quantitative estimate of drug-likeness (QED) is 0.0382. The second kappa shape index (κ2) is 19.3. The van der Waals surface area contributed by atoms with Gasteiger partial charge in [-0.15, -0.1) is 0 Å². The standard InChI is InChI=1S/C38H42Cl2F2N2O12S/c1-38(2,3)56-35(46)19-44(57(49)50)29-10-8-25(15-32(29)52-20-22-4-5-22)36(47)51-13-12-34(45)54-31(16-26-27(39)17-43(48)18-28(26)40)24-9-11-30(55-37(41)42)33(14-24)53-21-23-6-7-23/h8-11,14-15,17-18,22-23,31,37H,4-7,12-13,16,19-21H2,1-3H3,(H,49,50)/p-1/t31-/m0/s1. The summed E-state index contributed by atoms with van der Waals surface area (Å²) in [5, 5.41) is 11.9. The molecule has 14 nitrogen and oxygen atoms in total. The Morgan fingerprint density at radius 1 is 0.930 bits per heavy atom. The molecule has 5 rings (SSSR count). The SMILES string of the molecule is CC(C)(C)OC(=O)CN(c1ccc(C(=O)OCCC(=O)O[C@@H](Cc2c(Cl)c[n+]([O-])cc2Cl)c2ccc(OC(F)F)c(OCC3CC3)c2)cc1OCC1CC1)S(=O)[O-]. The average Bonchev–Trinajstić information content (AvgIpc) is 4.05. The van der Waals surface area contributed by atoms with Gasteiger partial charge in [0.25, 0.3) is 0 Å². The smallest absolute Gasteiger partial charge is 0.387 e. The summed E-state index contributed by atoms with van der Waals surface area (Å²) in [7, 11) is 0. The summed E-state index contributed by atoms with van der Waals surface area (Å²) < 4.78 is 84.8. The van der Waals surface area contributed by atoms with Crippen LogP contribution in [0.1, 0.15) is 80.5 Å². The minimum absolute atomic E-state index is 0.000369. The van der Waals surface area contributed by atoms with Crippen LogP contribution < -0.4 is 23.2 Å². The number of nitrogens with zero attached hydrogens (tertiary/aromatic N) is 2. The minimum atomic E-state index is -3.13. The van der Waals surface area contributed by atoms with E-state index in [0.29, 0.717) is 10.3 Å². The molecule has 1 aromatic heterocycles. The van der Waals surface area contributed by atoms with Crippen molar-refractivity contribution in [2.45, 2.75) is 77.6 Å². The molecular formula is C38H41Cl2F2N2O12S-. The number of hydrogen-bond donors (Lipinski definition) is 0. The van der Waals surface area contributed by atoms with Gasteiger partial charge in [-0.3, -0.25) is 18.1 Å². The topological polar surface area (TPSA) is 177 Å². The molecule has 0 N–H and O–H groups in total. The summed E-state index contributed by atoms with van der Waals surface area (Å²) in [5.74, 6) is -2.19. The zero-order valence-electron chi connectivity index (χ0n) is 31.2. The van der Waals surface area contributed by atoms with Crippen molar-refractivity contribution >= 4 is 58.1 Å². The zero-order chi connectivity index (χ0) is 41.4. The molecule has 0 amide bonds. The van der Waals surface area contributed by atoms with Gasteiger partial charge in [0.15, 0.2) is 23.9 Å². The monoisotopic (exact) mass is 857 g/mol. The molecule has 1 unspecified atom stereocenters. The molecule has 3 aromatic rings. The summed E-state index contributed by atoms with van der Waals surface area (Å²) >= 11 is 9.74. The van der Waals surface area contributed by atoms with Gasteiger partial charge in [-0.1, -0.05) is 29.3 Å². The Hall–Kier alpha value is -4.45. The second-order valence-corrected chi connectivity index (χ2v) is 16.2. The molecule has 0 saturated heterocycles. The third-order valence-electron chi connectivity index (χ3n) is 8.50. The Morgan fingerprint density at radius 2 is 1.56 bits per heavy atom. The number of halogens is 4. The fraction of sp³-hybridized carbons (Fsp3) is 0.474. The molecule has 0 radical (unpaired) electrons. The van der Waals surface area contributed by atoms with Gasteiger partial charge in [-0.25, -0.2) is 4.79 Å². The first kappa shape index (κ1) is 43.7. The maximum atomic E-state index is 13.2. The zero-order valence-corrected chi connectivity index (χ0v) is 33.5. The molecule has 1 heterocycles. The molecule has 0 bridgehead atoms. The number of hydrogen-bond acceptors (Lipinski definition) is 12. The second-order valence-electron chi connectivity index (χ2n) is 14.5. The van der Waals surface area contributed by atoms with Crippen LogP contribution in [-0.4, -0.2) is 65.2 Å². The van der Waals surface area contributed by atoms with Crippen molar-refractivity contribution < 1.29 is 65.1 Å². The predicted molar refractivity (Wildman–Crippen MR) is 201 cm³/mol. The van der Waals surface area contributed by atoms with E-state index >= 15 is 0 Å². The van der Waals surface area contributed by atoms with Crippen LogP contribution in [-0.2, 0) is 41.5 Å². The number of alkyl halides is 2. The van der Waals surface area contributed by atoms with E-state index in [-0.39, 0.29) is 75.6 Å². The van der Waals surface area contributed by atoms with E-state index in [1.165, 1.54) is 36.4 Å². The van der Waals surface area contributed by atoms with Gasteiger partial charge in [-0.05, 0) is 94.2 Å².